The first-order chi connectivity index (χ1) is 19.2. The second kappa shape index (κ2) is 12.0. The first-order valence-corrected chi connectivity index (χ1v) is 13.7. The van der Waals surface area contributed by atoms with Gasteiger partial charge in [-0.1, -0.05) is 36.4 Å². The monoisotopic (exact) mass is 590 g/mol. The van der Waals surface area contributed by atoms with Crippen LogP contribution in [0.25, 0.3) is 33.3 Å². The minimum atomic E-state index is -0.00159. The van der Waals surface area contributed by atoms with Crippen molar-refractivity contribution in [3.63, 3.8) is 0 Å². The second-order valence-corrected chi connectivity index (χ2v) is 10.4. The number of rotatable bonds is 5. The van der Waals surface area contributed by atoms with Gasteiger partial charge in [-0.3, -0.25) is 24.0 Å². The molecule has 2 aliphatic heterocycles. The maximum absolute atomic E-state index is 13.4. The van der Waals surface area contributed by atoms with E-state index in [1.54, 1.807) is 6.20 Å². The molecule has 212 valence electrons. The van der Waals surface area contributed by atoms with Gasteiger partial charge in [-0.25, -0.2) is 4.98 Å². The van der Waals surface area contributed by atoms with Crippen molar-refractivity contribution in [1.82, 2.24) is 28.9 Å². The molecule has 0 spiro atoms. The van der Waals surface area contributed by atoms with Gasteiger partial charge in [-0.05, 0) is 41.8 Å². The van der Waals surface area contributed by atoms with Crippen LogP contribution in [0.1, 0.15) is 17.5 Å². The molecule has 3 aromatic heterocycles. The standard InChI is InChI=1S/C31H30N6O2.2ClH/c38-28(35-18-16-34(17-19-35)21-22-6-5-13-32-20-22)12-15-36-27-10-4-2-7-23(27)24-11-14-37-30(29(24)36)33-26-9-3-1-8-25(26)31(37)39;;/h1-10,13,20H,11-12,14-19,21H2;2*1H. The summed E-state index contributed by atoms with van der Waals surface area (Å²) in [5, 5.41) is 1.82. The molecule has 0 saturated carbocycles. The number of para-hydroxylation sites is 2. The third-order valence-corrected chi connectivity index (χ3v) is 8.14. The maximum atomic E-state index is 13.4. The van der Waals surface area contributed by atoms with Crippen LogP contribution in [0.5, 0.6) is 0 Å². The minimum Gasteiger partial charge on any atom is -0.340 e. The maximum Gasteiger partial charge on any atom is 0.261 e. The summed E-state index contributed by atoms with van der Waals surface area (Å²) in [4.78, 5) is 40.3. The first-order valence-electron chi connectivity index (χ1n) is 13.7. The van der Waals surface area contributed by atoms with Crippen molar-refractivity contribution in [2.24, 2.45) is 0 Å². The molecule has 0 aliphatic carbocycles. The van der Waals surface area contributed by atoms with Crippen LogP contribution < -0.4 is 5.56 Å². The molecule has 2 aliphatic rings. The van der Waals surface area contributed by atoms with Crippen molar-refractivity contribution < 1.29 is 4.79 Å². The molecule has 1 fully saturated rings. The van der Waals surface area contributed by atoms with E-state index in [2.05, 4.69) is 38.7 Å². The average Bonchev–Trinajstić information content (AvgIpc) is 3.31. The number of carbonyl (C=O) groups excluding carboxylic acids is 1. The largest absolute Gasteiger partial charge is 0.340 e. The zero-order chi connectivity index (χ0) is 26.3. The summed E-state index contributed by atoms with van der Waals surface area (Å²) >= 11 is 0. The number of fused-ring (bicyclic) bond motifs is 6. The number of amides is 1. The fraction of sp³-hybridized carbons (Fsp3) is 0.290. The molecule has 2 aromatic carbocycles. The summed E-state index contributed by atoms with van der Waals surface area (Å²) in [5.74, 6) is 0.870. The van der Waals surface area contributed by atoms with E-state index in [1.807, 2.05) is 52.1 Å². The number of benzene rings is 2. The number of hydrogen-bond acceptors (Lipinski definition) is 5. The van der Waals surface area contributed by atoms with Crippen LogP contribution in [0.15, 0.2) is 77.9 Å². The molecule has 1 saturated heterocycles. The van der Waals surface area contributed by atoms with Gasteiger partial charge in [0.25, 0.3) is 5.56 Å². The lowest BCUT2D eigenvalue weighted by Gasteiger charge is -2.35. The van der Waals surface area contributed by atoms with E-state index < -0.39 is 0 Å². The highest BCUT2D eigenvalue weighted by molar-refractivity contribution is 5.92. The van der Waals surface area contributed by atoms with Gasteiger partial charge < -0.3 is 9.47 Å². The summed E-state index contributed by atoms with van der Waals surface area (Å²) < 4.78 is 4.02. The minimum absolute atomic E-state index is 0. The average molecular weight is 592 g/mol. The molecule has 0 bridgehead atoms. The number of aryl methyl sites for hydroxylation is 2. The van der Waals surface area contributed by atoms with Gasteiger partial charge in [0.2, 0.25) is 5.91 Å². The molecule has 10 heteroatoms. The third-order valence-electron chi connectivity index (χ3n) is 8.14. The highest BCUT2D eigenvalue weighted by atomic mass is 35.5. The summed E-state index contributed by atoms with van der Waals surface area (Å²) in [7, 11) is 0. The van der Waals surface area contributed by atoms with Crippen molar-refractivity contribution in [3.8, 4) is 11.5 Å². The van der Waals surface area contributed by atoms with Crippen LogP contribution in [-0.4, -0.2) is 61.0 Å². The molecule has 8 nitrogen and oxygen atoms in total. The van der Waals surface area contributed by atoms with Crippen LogP contribution in [0.2, 0.25) is 0 Å². The van der Waals surface area contributed by atoms with Crippen molar-refractivity contribution in [1.29, 1.82) is 0 Å². The molecule has 0 N–H and O–H groups in total. The van der Waals surface area contributed by atoms with Crippen LogP contribution in [0.3, 0.4) is 0 Å². The lowest BCUT2D eigenvalue weighted by molar-refractivity contribution is -0.133. The Kier molecular flexibility index (Phi) is 8.45. The summed E-state index contributed by atoms with van der Waals surface area (Å²) in [6.45, 7) is 5.19. The van der Waals surface area contributed by atoms with Crippen molar-refractivity contribution >= 4 is 52.5 Å². The summed E-state index contributed by atoms with van der Waals surface area (Å²) in [6, 6.07) is 19.9. The second-order valence-electron chi connectivity index (χ2n) is 10.4. The number of carbonyl (C=O) groups is 1. The Labute approximate surface area is 250 Å². The first kappa shape index (κ1) is 28.8. The topological polar surface area (TPSA) is 76.3 Å². The molecule has 0 unspecified atom stereocenters. The molecule has 0 radical (unpaired) electrons. The Morgan fingerprint density at radius 1 is 0.854 bits per heavy atom. The van der Waals surface area contributed by atoms with E-state index in [1.165, 1.54) is 16.5 Å². The van der Waals surface area contributed by atoms with E-state index >= 15 is 0 Å². The predicted molar refractivity (Wildman–Crippen MR) is 166 cm³/mol. The lowest BCUT2D eigenvalue weighted by Crippen LogP contribution is -2.48. The number of pyridine rings is 1. The van der Waals surface area contributed by atoms with Crippen molar-refractivity contribution in [2.45, 2.75) is 32.5 Å². The highest BCUT2D eigenvalue weighted by Crippen LogP contribution is 2.36. The molecule has 1 amide bonds. The van der Waals surface area contributed by atoms with Gasteiger partial charge in [-0.2, -0.15) is 0 Å². The van der Waals surface area contributed by atoms with Crippen molar-refractivity contribution in [3.05, 3.63) is 94.5 Å². The molecule has 7 rings (SSSR count). The van der Waals surface area contributed by atoms with E-state index in [4.69, 9.17) is 4.98 Å². The number of piperazine rings is 1. The molecule has 0 atom stereocenters. The summed E-state index contributed by atoms with van der Waals surface area (Å²) in [6.07, 6.45) is 4.87. The van der Waals surface area contributed by atoms with Gasteiger partial charge in [0.15, 0.2) is 5.82 Å². The van der Waals surface area contributed by atoms with Gasteiger partial charge >= 0.3 is 0 Å². The third kappa shape index (κ3) is 5.23. The number of hydrogen-bond donors (Lipinski definition) is 0. The van der Waals surface area contributed by atoms with Crippen LogP contribution in [0, 0.1) is 0 Å². The molecular formula is C31H32Cl2N6O2. The Balaban J connectivity index is 0.00000169. The Morgan fingerprint density at radius 2 is 1.61 bits per heavy atom. The van der Waals surface area contributed by atoms with Gasteiger partial charge in [0.05, 0.1) is 16.6 Å². The van der Waals surface area contributed by atoms with E-state index in [-0.39, 0.29) is 36.3 Å². The molecule has 5 heterocycles. The molecular weight excluding hydrogens is 559 g/mol. The normalized spacial score (nSPS) is 14.7. The zero-order valence-corrected chi connectivity index (χ0v) is 24.2. The smallest absolute Gasteiger partial charge is 0.261 e. The van der Waals surface area contributed by atoms with Gasteiger partial charge in [0, 0.05) is 75.5 Å². The fourth-order valence-corrected chi connectivity index (χ4v) is 6.17. The van der Waals surface area contributed by atoms with Gasteiger partial charge in [0.1, 0.15) is 0 Å². The Morgan fingerprint density at radius 3 is 2.39 bits per heavy atom. The number of aromatic nitrogens is 4. The number of nitrogens with zero attached hydrogens (tertiary/aromatic N) is 6. The zero-order valence-electron chi connectivity index (χ0n) is 22.6. The quantitative estimate of drug-likeness (QED) is 0.300. The van der Waals surface area contributed by atoms with Crippen LogP contribution in [0.4, 0.5) is 0 Å². The Hall–Kier alpha value is -3.72. The van der Waals surface area contributed by atoms with E-state index in [0.29, 0.717) is 36.2 Å². The Bertz CT molecular complexity index is 1760. The van der Waals surface area contributed by atoms with Crippen LogP contribution in [-0.2, 0) is 30.8 Å². The lowest BCUT2D eigenvalue weighted by atomic mass is 10.0. The highest BCUT2D eigenvalue weighted by Gasteiger charge is 2.28. The predicted octanol–water partition coefficient (Wildman–Crippen LogP) is 4.55. The molecule has 41 heavy (non-hydrogen) atoms. The van der Waals surface area contributed by atoms with Crippen LogP contribution >= 0.6 is 24.8 Å². The van der Waals surface area contributed by atoms with Gasteiger partial charge in [-0.15, -0.1) is 24.8 Å². The molecule has 5 aromatic rings. The SMILES string of the molecule is Cl.Cl.O=C(CCn1c2c(c3ccccc31)CCn1c-2nc2ccccc2c1=O)N1CCN(Cc2cccnc2)CC1. The van der Waals surface area contributed by atoms with E-state index in [0.717, 1.165) is 50.4 Å². The van der Waals surface area contributed by atoms with Crippen molar-refractivity contribution in [2.75, 3.05) is 26.2 Å². The van der Waals surface area contributed by atoms with E-state index in [9.17, 15) is 9.59 Å². The number of halogens is 2. The fourth-order valence-electron chi connectivity index (χ4n) is 6.17. The summed E-state index contributed by atoms with van der Waals surface area (Å²) in [5.41, 5.74) is 5.18.